The van der Waals surface area contributed by atoms with Gasteiger partial charge in [0.1, 0.15) is 0 Å². The molecular weight excluding hydrogens is 274 g/mol. The summed E-state index contributed by atoms with van der Waals surface area (Å²) in [5.41, 5.74) is 2.01. The normalized spacial score (nSPS) is 15.6. The van der Waals surface area contributed by atoms with E-state index in [1.165, 1.54) is 19.3 Å². The smallest absolute Gasteiger partial charge is 0.197 e. The second-order valence-corrected chi connectivity index (χ2v) is 5.37. The first-order chi connectivity index (χ1) is 9.74. The van der Waals surface area contributed by atoms with E-state index >= 15 is 0 Å². The van der Waals surface area contributed by atoms with E-state index in [1.54, 1.807) is 14.2 Å². The van der Waals surface area contributed by atoms with Crippen LogP contribution in [-0.4, -0.2) is 37.0 Å². The lowest BCUT2D eigenvalue weighted by Crippen LogP contribution is -2.39. The fraction of sp³-hybridized carbons (Fsp3) is 0.500. The maximum Gasteiger partial charge on any atom is 0.197 e. The number of nitrogens with zero attached hydrogens (tertiary/aromatic N) is 2. The van der Waals surface area contributed by atoms with Gasteiger partial charge in [-0.05, 0) is 31.5 Å². The number of hydrogen-bond acceptors (Lipinski definition) is 4. The standard InChI is InChI=1S/C14H19N3O2S/c1-18-12-8-10-11(9-13(12)19-2)17(14(20)15-10)16-6-4-3-5-7-16/h8-9H,3-7H2,1-2H3,(H,15,20). The Morgan fingerprint density at radius 3 is 2.35 bits per heavy atom. The van der Waals surface area contributed by atoms with Crippen molar-refractivity contribution < 1.29 is 9.47 Å². The quantitative estimate of drug-likeness (QED) is 0.884. The summed E-state index contributed by atoms with van der Waals surface area (Å²) < 4.78 is 13.5. The number of benzene rings is 1. The highest BCUT2D eigenvalue weighted by atomic mass is 32.1. The Balaban J connectivity index is 2.16. The monoisotopic (exact) mass is 293 g/mol. The first kappa shape index (κ1) is 13.3. The van der Waals surface area contributed by atoms with E-state index in [1.807, 2.05) is 12.1 Å². The number of methoxy groups -OCH3 is 2. The van der Waals surface area contributed by atoms with Gasteiger partial charge in [0.05, 0.1) is 25.3 Å². The average molecular weight is 293 g/mol. The summed E-state index contributed by atoms with van der Waals surface area (Å²) in [4.78, 5) is 3.25. The van der Waals surface area contributed by atoms with Crippen LogP contribution in [0.4, 0.5) is 0 Å². The Kier molecular flexibility index (Phi) is 3.56. The first-order valence-electron chi connectivity index (χ1n) is 6.86. The average Bonchev–Trinajstić information content (AvgIpc) is 2.81. The van der Waals surface area contributed by atoms with E-state index in [4.69, 9.17) is 21.7 Å². The Labute approximate surface area is 123 Å². The molecule has 0 unspecified atom stereocenters. The molecule has 1 fully saturated rings. The van der Waals surface area contributed by atoms with Crippen molar-refractivity contribution in [3.63, 3.8) is 0 Å². The molecule has 1 aliphatic rings. The van der Waals surface area contributed by atoms with Crippen LogP contribution in [0.3, 0.4) is 0 Å². The van der Waals surface area contributed by atoms with Crippen LogP contribution in [0.1, 0.15) is 19.3 Å². The third-order valence-electron chi connectivity index (χ3n) is 3.78. The molecule has 0 radical (unpaired) electrons. The van der Waals surface area contributed by atoms with Crippen LogP contribution in [-0.2, 0) is 0 Å². The second-order valence-electron chi connectivity index (χ2n) is 4.98. The van der Waals surface area contributed by atoms with Crippen LogP contribution in [0.2, 0.25) is 0 Å². The summed E-state index contributed by atoms with van der Waals surface area (Å²) in [6, 6.07) is 3.92. The van der Waals surface area contributed by atoms with Crippen molar-refractivity contribution in [3.05, 3.63) is 16.9 Å². The Bertz CT molecular complexity index is 671. The van der Waals surface area contributed by atoms with E-state index in [9.17, 15) is 0 Å². The van der Waals surface area contributed by atoms with Gasteiger partial charge < -0.3 is 19.5 Å². The van der Waals surface area contributed by atoms with Crippen LogP contribution in [0.5, 0.6) is 11.5 Å². The number of fused-ring (bicyclic) bond motifs is 1. The Hall–Kier alpha value is -1.69. The maximum absolute atomic E-state index is 5.48. The van der Waals surface area contributed by atoms with Crippen LogP contribution < -0.4 is 14.5 Å². The molecule has 1 saturated heterocycles. The van der Waals surface area contributed by atoms with Crippen molar-refractivity contribution in [2.45, 2.75) is 19.3 Å². The number of aromatic nitrogens is 2. The van der Waals surface area contributed by atoms with E-state index in [0.29, 0.717) is 5.75 Å². The molecule has 1 aromatic carbocycles. The van der Waals surface area contributed by atoms with Crippen molar-refractivity contribution >= 4 is 23.3 Å². The fourth-order valence-corrected chi connectivity index (χ4v) is 3.10. The number of nitrogens with one attached hydrogen (secondary N) is 1. The summed E-state index contributed by atoms with van der Waals surface area (Å²) in [6.07, 6.45) is 3.72. The van der Waals surface area contributed by atoms with Crippen LogP contribution >= 0.6 is 12.2 Å². The molecule has 2 aromatic rings. The van der Waals surface area contributed by atoms with Gasteiger partial charge in [0.2, 0.25) is 0 Å². The molecule has 0 amide bonds. The molecule has 0 saturated carbocycles. The van der Waals surface area contributed by atoms with E-state index in [2.05, 4.69) is 14.7 Å². The van der Waals surface area contributed by atoms with Crippen LogP contribution in [0.15, 0.2) is 12.1 Å². The first-order valence-corrected chi connectivity index (χ1v) is 7.27. The SMILES string of the molecule is COc1cc2[nH]c(=S)n(N3CCCCC3)c2cc1OC. The van der Waals surface area contributed by atoms with Gasteiger partial charge in [-0.1, -0.05) is 0 Å². The van der Waals surface area contributed by atoms with Gasteiger partial charge in [0, 0.05) is 25.2 Å². The van der Waals surface area contributed by atoms with Gasteiger partial charge in [-0.3, -0.25) is 0 Å². The van der Waals surface area contributed by atoms with Gasteiger partial charge in [0.15, 0.2) is 16.3 Å². The number of hydrogen-bond donors (Lipinski definition) is 1. The third kappa shape index (κ3) is 2.14. The number of imidazole rings is 1. The lowest BCUT2D eigenvalue weighted by molar-refractivity contribution is 0.355. The molecule has 0 spiro atoms. The number of H-pyrrole nitrogens is 1. The number of aromatic amines is 1. The predicted octanol–water partition coefficient (Wildman–Crippen LogP) is 2.84. The number of rotatable bonds is 3. The van der Waals surface area contributed by atoms with Gasteiger partial charge in [-0.15, -0.1) is 0 Å². The molecule has 0 atom stereocenters. The van der Waals surface area contributed by atoms with E-state index < -0.39 is 0 Å². The number of ether oxygens (including phenoxy) is 2. The molecule has 1 aliphatic heterocycles. The minimum Gasteiger partial charge on any atom is -0.493 e. The van der Waals surface area contributed by atoms with Gasteiger partial charge in [0.25, 0.3) is 0 Å². The summed E-state index contributed by atoms with van der Waals surface area (Å²) in [6.45, 7) is 2.07. The van der Waals surface area contributed by atoms with Crippen molar-refractivity contribution in [1.82, 2.24) is 9.66 Å². The maximum atomic E-state index is 5.48. The minimum atomic E-state index is 0.710. The zero-order valence-electron chi connectivity index (χ0n) is 11.8. The highest BCUT2D eigenvalue weighted by Gasteiger charge is 2.17. The van der Waals surface area contributed by atoms with Crippen molar-refractivity contribution in [2.75, 3.05) is 32.3 Å². The molecule has 6 heteroatoms. The molecule has 20 heavy (non-hydrogen) atoms. The zero-order chi connectivity index (χ0) is 14.1. The van der Waals surface area contributed by atoms with Crippen LogP contribution in [0, 0.1) is 4.77 Å². The molecule has 0 aliphatic carbocycles. The van der Waals surface area contributed by atoms with Crippen molar-refractivity contribution in [1.29, 1.82) is 0 Å². The van der Waals surface area contributed by atoms with Crippen molar-refractivity contribution in [3.8, 4) is 11.5 Å². The summed E-state index contributed by atoms with van der Waals surface area (Å²) in [7, 11) is 3.29. The van der Waals surface area contributed by atoms with Crippen molar-refractivity contribution in [2.24, 2.45) is 0 Å². The lowest BCUT2D eigenvalue weighted by atomic mass is 10.2. The molecule has 1 aromatic heterocycles. The predicted molar refractivity (Wildman–Crippen MR) is 82.0 cm³/mol. The lowest BCUT2D eigenvalue weighted by Gasteiger charge is -2.29. The molecule has 0 bridgehead atoms. The van der Waals surface area contributed by atoms with Gasteiger partial charge in [-0.2, -0.15) is 0 Å². The molecule has 5 nitrogen and oxygen atoms in total. The largest absolute Gasteiger partial charge is 0.493 e. The zero-order valence-corrected chi connectivity index (χ0v) is 12.6. The number of piperidine rings is 1. The third-order valence-corrected chi connectivity index (χ3v) is 4.05. The summed E-state index contributed by atoms with van der Waals surface area (Å²) >= 11 is 5.48. The summed E-state index contributed by atoms with van der Waals surface area (Å²) in [5, 5.41) is 2.30. The van der Waals surface area contributed by atoms with E-state index in [-0.39, 0.29) is 0 Å². The molecular formula is C14H19N3O2S. The van der Waals surface area contributed by atoms with E-state index in [0.717, 1.165) is 34.6 Å². The Morgan fingerprint density at radius 1 is 1.05 bits per heavy atom. The summed E-state index contributed by atoms with van der Waals surface area (Å²) in [5.74, 6) is 1.43. The molecule has 1 N–H and O–H groups in total. The highest BCUT2D eigenvalue weighted by molar-refractivity contribution is 7.71. The highest BCUT2D eigenvalue weighted by Crippen LogP contribution is 2.32. The molecule has 108 valence electrons. The van der Waals surface area contributed by atoms with Crippen LogP contribution in [0.25, 0.3) is 11.0 Å². The molecule has 2 heterocycles. The second kappa shape index (κ2) is 5.36. The minimum absolute atomic E-state index is 0.710. The topological polar surface area (TPSA) is 42.4 Å². The fourth-order valence-electron chi connectivity index (χ4n) is 2.78. The molecule has 3 rings (SSSR count). The van der Waals surface area contributed by atoms with Gasteiger partial charge >= 0.3 is 0 Å². The van der Waals surface area contributed by atoms with Gasteiger partial charge in [-0.25, -0.2) is 4.68 Å². The Morgan fingerprint density at radius 2 is 1.70 bits per heavy atom.